The molecular formula is C28H25ClFN9O3. The lowest BCUT2D eigenvalue weighted by atomic mass is 10.0. The molecule has 1 aliphatic heterocycles. The first-order valence-electron chi connectivity index (χ1n) is 13.0. The summed E-state index contributed by atoms with van der Waals surface area (Å²) in [6, 6.07) is 11.0. The van der Waals surface area contributed by atoms with Crippen LogP contribution in [0.3, 0.4) is 0 Å². The number of benzene rings is 2. The molecule has 12 nitrogen and oxygen atoms in total. The summed E-state index contributed by atoms with van der Waals surface area (Å²) in [5.41, 5.74) is 2.16. The van der Waals surface area contributed by atoms with E-state index in [2.05, 4.69) is 42.2 Å². The van der Waals surface area contributed by atoms with Crippen molar-refractivity contribution in [1.29, 1.82) is 5.26 Å². The molecule has 214 valence electrons. The highest BCUT2D eigenvalue weighted by Gasteiger charge is 2.26. The minimum Gasteiger partial charge on any atom is -0.467 e. The zero-order valence-electron chi connectivity index (χ0n) is 22.3. The van der Waals surface area contributed by atoms with Crippen molar-refractivity contribution < 1.29 is 18.7 Å². The molecule has 4 aromatic rings. The lowest BCUT2D eigenvalue weighted by Crippen LogP contribution is -2.31. The molecule has 2 atom stereocenters. The summed E-state index contributed by atoms with van der Waals surface area (Å²) in [4.78, 5) is 33.3. The predicted molar refractivity (Wildman–Crippen MR) is 151 cm³/mol. The predicted octanol–water partition coefficient (Wildman–Crippen LogP) is 4.11. The number of hydrogen-bond donors (Lipinski definition) is 3. The Balaban J connectivity index is 1.46. The van der Waals surface area contributed by atoms with Crippen molar-refractivity contribution in [2.75, 3.05) is 12.4 Å². The van der Waals surface area contributed by atoms with Crippen LogP contribution < -0.4 is 10.6 Å². The molecule has 0 aliphatic carbocycles. The van der Waals surface area contributed by atoms with Gasteiger partial charge in [0.1, 0.15) is 24.3 Å². The number of halogens is 2. The van der Waals surface area contributed by atoms with Gasteiger partial charge in [-0.3, -0.25) is 4.79 Å². The molecule has 1 aliphatic rings. The number of esters is 1. The normalized spacial score (nSPS) is 16.8. The Morgan fingerprint density at radius 2 is 2.05 bits per heavy atom. The second-order valence-corrected chi connectivity index (χ2v) is 9.86. The molecule has 2 bridgehead atoms. The quantitative estimate of drug-likeness (QED) is 0.229. The van der Waals surface area contributed by atoms with Gasteiger partial charge in [0, 0.05) is 22.9 Å². The first-order valence-corrected chi connectivity index (χ1v) is 13.4. The van der Waals surface area contributed by atoms with Crippen molar-refractivity contribution >= 4 is 35.2 Å². The number of hydrogen-bond acceptors (Lipinski definition) is 9. The maximum atomic E-state index is 15.0. The van der Waals surface area contributed by atoms with E-state index >= 15 is 0 Å². The third-order valence-corrected chi connectivity index (χ3v) is 7.12. The van der Waals surface area contributed by atoms with E-state index in [1.54, 1.807) is 12.1 Å². The number of H-pyrrole nitrogens is 1. The van der Waals surface area contributed by atoms with Crippen LogP contribution in [-0.4, -0.2) is 55.2 Å². The number of methoxy groups -OCH3 is 1. The van der Waals surface area contributed by atoms with Crippen LogP contribution in [0.15, 0.2) is 48.8 Å². The summed E-state index contributed by atoms with van der Waals surface area (Å²) in [5, 5.41) is 26.8. The fourth-order valence-corrected chi connectivity index (χ4v) is 4.94. The van der Waals surface area contributed by atoms with Crippen LogP contribution >= 0.6 is 11.6 Å². The van der Waals surface area contributed by atoms with Crippen LogP contribution in [0.2, 0.25) is 5.02 Å². The number of aromatic nitrogens is 6. The number of nitrogens with one attached hydrogen (secondary N) is 3. The molecule has 5 rings (SSSR count). The number of amides is 1. The topological polar surface area (TPSA) is 164 Å². The number of aromatic amines is 1. The number of ether oxygens (including phenoxy) is 1. The molecule has 2 aromatic carbocycles. The average molecular weight is 590 g/mol. The monoisotopic (exact) mass is 589 g/mol. The van der Waals surface area contributed by atoms with E-state index in [1.807, 2.05) is 12.1 Å². The number of carbonyl (C=O) groups excluding carboxylic acids is 2. The highest BCUT2D eigenvalue weighted by Crippen LogP contribution is 2.33. The fourth-order valence-electron chi connectivity index (χ4n) is 4.78. The highest BCUT2D eigenvalue weighted by atomic mass is 35.5. The van der Waals surface area contributed by atoms with Gasteiger partial charge in [-0.05, 0) is 47.5 Å². The van der Waals surface area contributed by atoms with Crippen molar-refractivity contribution in [2.45, 2.75) is 37.8 Å². The van der Waals surface area contributed by atoms with Crippen molar-refractivity contribution in [3.63, 3.8) is 0 Å². The number of para-hydroxylation sites is 1. The third kappa shape index (κ3) is 5.98. The van der Waals surface area contributed by atoms with E-state index in [-0.39, 0.29) is 16.3 Å². The molecule has 2 aromatic heterocycles. The van der Waals surface area contributed by atoms with Crippen molar-refractivity contribution in [3.8, 4) is 23.0 Å². The van der Waals surface area contributed by atoms with Crippen LogP contribution in [0.1, 0.15) is 48.8 Å². The molecule has 0 fully saturated rings. The third-order valence-electron chi connectivity index (χ3n) is 6.83. The molecule has 3 heterocycles. The number of nitrogens with zero attached hydrogens (tertiary/aromatic N) is 6. The lowest BCUT2D eigenvalue weighted by Gasteiger charge is -2.21. The second kappa shape index (κ2) is 12.6. The van der Waals surface area contributed by atoms with Gasteiger partial charge in [0.05, 0.1) is 29.6 Å². The van der Waals surface area contributed by atoms with Crippen LogP contribution in [0.5, 0.6) is 0 Å². The Morgan fingerprint density at radius 3 is 2.81 bits per heavy atom. The highest BCUT2D eigenvalue weighted by molar-refractivity contribution is 6.31. The molecule has 0 unspecified atom stereocenters. The molecule has 1 amide bonds. The number of fused-ring (bicyclic) bond motifs is 4. The van der Waals surface area contributed by atoms with Gasteiger partial charge in [-0.1, -0.05) is 42.6 Å². The van der Waals surface area contributed by atoms with E-state index < -0.39 is 29.8 Å². The van der Waals surface area contributed by atoms with Crippen LogP contribution in [0.25, 0.3) is 23.0 Å². The van der Waals surface area contributed by atoms with Gasteiger partial charge in [0.2, 0.25) is 5.91 Å². The van der Waals surface area contributed by atoms with Gasteiger partial charge in [0.15, 0.2) is 11.5 Å². The van der Waals surface area contributed by atoms with E-state index in [4.69, 9.17) is 16.3 Å². The maximum Gasteiger partial charge on any atom is 0.328 e. The number of carbonyl (C=O) groups is 2. The van der Waals surface area contributed by atoms with Crippen LogP contribution in [-0.2, 0) is 14.3 Å². The van der Waals surface area contributed by atoms with Crippen molar-refractivity contribution in [1.82, 2.24) is 35.5 Å². The summed E-state index contributed by atoms with van der Waals surface area (Å²) >= 11 is 5.99. The average Bonchev–Trinajstić information content (AvgIpc) is 3.69. The Morgan fingerprint density at radius 1 is 1.24 bits per heavy atom. The van der Waals surface area contributed by atoms with Crippen LogP contribution in [0, 0.1) is 17.1 Å². The standard InChI is InChI=1S/C28H25ClFN9O3/c1-42-28(41)21-9-5-4-8-20(27-35-22(14-31)26(36-27)16-6-2-3-7-19(16)33-21)34-24(40)13-10-17-23(39-15-32-37-38-39)12-11-18(29)25(17)30/h2-3,6-7,10-13,15,20-21,33H,4-5,8-9H2,1H3,(H,34,40)(H,35,36)/t20-,21+/m0/s1. The molecule has 14 heteroatoms. The number of nitriles is 1. The van der Waals surface area contributed by atoms with Gasteiger partial charge in [-0.15, -0.1) is 5.10 Å². The first kappa shape index (κ1) is 28.4. The summed E-state index contributed by atoms with van der Waals surface area (Å²) in [7, 11) is 1.33. The number of rotatable bonds is 5. The Hall–Kier alpha value is -5.09. The van der Waals surface area contributed by atoms with E-state index in [9.17, 15) is 19.2 Å². The summed E-state index contributed by atoms with van der Waals surface area (Å²) < 4.78 is 21.2. The van der Waals surface area contributed by atoms with Gasteiger partial charge >= 0.3 is 5.97 Å². The van der Waals surface area contributed by atoms with E-state index in [0.717, 1.165) is 0 Å². The van der Waals surface area contributed by atoms with Gasteiger partial charge in [0.25, 0.3) is 0 Å². The number of tetrazole rings is 1. The van der Waals surface area contributed by atoms with Gasteiger partial charge < -0.3 is 20.4 Å². The molecule has 0 radical (unpaired) electrons. The summed E-state index contributed by atoms with van der Waals surface area (Å²) in [6.45, 7) is 0. The molecule has 0 saturated heterocycles. The van der Waals surface area contributed by atoms with E-state index in [1.165, 1.54) is 42.4 Å². The maximum absolute atomic E-state index is 15.0. The molecule has 42 heavy (non-hydrogen) atoms. The van der Waals surface area contributed by atoms with Crippen molar-refractivity contribution in [2.24, 2.45) is 0 Å². The smallest absolute Gasteiger partial charge is 0.328 e. The van der Waals surface area contributed by atoms with Gasteiger partial charge in [-0.2, -0.15) is 9.94 Å². The summed E-state index contributed by atoms with van der Waals surface area (Å²) in [6.07, 6.45) is 5.97. The minimum atomic E-state index is -0.735. The summed E-state index contributed by atoms with van der Waals surface area (Å²) in [5.74, 6) is -1.27. The lowest BCUT2D eigenvalue weighted by molar-refractivity contribution is -0.141. The SMILES string of the molecule is COC(=O)[C@H]1CCCC[C@H](NC(=O)C=Cc2c(-n3cnnn3)ccc(Cl)c2F)c2nc(C#N)c([nH]2)-c2ccccc2N1. The Labute approximate surface area is 244 Å². The number of anilines is 1. The van der Waals surface area contributed by atoms with Crippen molar-refractivity contribution in [3.05, 3.63) is 76.7 Å². The molecule has 3 N–H and O–H groups in total. The minimum absolute atomic E-state index is 0.0219. The molecular weight excluding hydrogens is 565 g/mol. The Kier molecular flexibility index (Phi) is 8.54. The Bertz CT molecular complexity index is 1680. The van der Waals surface area contributed by atoms with E-state index in [0.29, 0.717) is 54.1 Å². The second-order valence-electron chi connectivity index (χ2n) is 9.45. The zero-order valence-corrected chi connectivity index (χ0v) is 23.1. The fraction of sp³-hybridized carbons (Fsp3) is 0.250. The zero-order chi connectivity index (χ0) is 29.6. The number of imidazole rings is 1. The molecule has 0 saturated carbocycles. The van der Waals surface area contributed by atoms with Gasteiger partial charge in [-0.25, -0.2) is 14.2 Å². The van der Waals surface area contributed by atoms with Crippen LogP contribution in [0.4, 0.5) is 10.1 Å². The molecule has 0 spiro atoms. The first-order chi connectivity index (χ1) is 20.4. The largest absolute Gasteiger partial charge is 0.467 e.